The van der Waals surface area contributed by atoms with Gasteiger partial charge in [-0.2, -0.15) is 0 Å². The van der Waals surface area contributed by atoms with Crippen LogP contribution in [0.5, 0.6) is 11.5 Å². The predicted molar refractivity (Wildman–Crippen MR) is 95.0 cm³/mol. The van der Waals surface area contributed by atoms with Crippen molar-refractivity contribution in [3.63, 3.8) is 0 Å². The van der Waals surface area contributed by atoms with E-state index in [9.17, 15) is 9.46 Å². The van der Waals surface area contributed by atoms with E-state index in [0.29, 0.717) is 11.5 Å². The molecule has 4 rings (SSSR count). The molecule has 0 aliphatic heterocycles. The summed E-state index contributed by atoms with van der Waals surface area (Å²) in [5.41, 5.74) is 4.93. The van der Waals surface area contributed by atoms with Crippen LogP contribution in [-0.4, -0.2) is 0 Å². The molecule has 132 valence electrons. The zero-order valence-electron chi connectivity index (χ0n) is 15.2. The third-order valence-corrected chi connectivity index (χ3v) is 5.94. The predicted octanol–water partition coefficient (Wildman–Crippen LogP) is 1.37. The SMILES string of the molecule is O=P([O-])(Oc1ccc2c(c1)CCCC2)Oc1ccc2c(c1)CCCC2.[Li+]. The fourth-order valence-corrected chi connectivity index (χ4v) is 4.59. The second-order valence-electron chi connectivity index (χ2n) is 6.91. The van der Waals surface area contributed by atoms with Crippen molar-refractivity contribution in [2.24, 2.45) is 0 Å². The van der Waals surface area contributed by atoms with E-state index in [-0.39, 0.29) is 18.9 Å². The van der Waals surface area contributed by atoms with E-state index >= 15 is 0 Å². The average Bonchev–Trinajstić information content (AvgIpc) is 2.61. The maximum atomic E-state index is 12.3. The molecule has 0 spiro atoms. The third-order valence-electron chi connectivity index (χ3n) is 5.07. The minimum Gasteiger partial charge on any atom is -0.736 e. The van der Waals surface area contributed by atoms with Crippen LogP contribution in [-0.2, 0) is 30.2 Å². The van der Waals surface area contributed by atoms with Crippen LogP contribution in [0.25, 0.3) is 0 Å². The molecule has 4 nitrogen and oxygen atoms in total. The molecule has 0 saturated carbocycles. The van der Waals surface area contributed by atoms with Crippen molar-refractivity contribution in [2.75, 3.05) is 0 Å². The van der Waals surface area contributed by atoms with Gasteiger partial charge in [-0.25, -0.2) is 4.57 Å². The molecule has 2 aromatic carbocycles. The molecule has 26 heavy (non-hydrogen) atoms. The first kappa shape index (κ1) is 19.6. The summed E-state index contributed by atoms with van der Waals surface area (Å²) in [4.78, 5) is 12.3. The average molecular weight is 364 g/mol. The summed E-state index contributed by atoms with van der Waals surface area (Å²) in [7, 11) is -4.46. The van der Waals surface area contributed by atoms with Crippen LogP contribution in [0.1, 0.15) is 47.9 Å². The number of hydrogen-bond acceptors (Lipinski definition) is 4. The van der Waals surface area contributed by atoms with Crippen LogP contribution in [0.3, 0.4) is 0 Å². The third kappa shape index (κ3) is 4.56. The Balaban J connectivity index is 0.00000196. The van der Waals surface area contributed by atoms with Gasteiger partial charge in [0.05, 0.1) is 0 Å². The Morgan fingerprint density at radius 1 is 0.692 bits per heavy atom. The number of benzene rings is 2. The molecule has 0 aromatic heterocycles. The summed E-state index contributed by atoms with van der Waals surface area (Å²) in [6, 6.07) is 11.0. The standard InChI is InChI=1S/C20H23O4P.Li/c21-25(22,23-19-11-9-15-5-1-3-7-17(15)13-19)24-20-12-10-16-6-2-4-8-18(16)14-20;/h9-14H,1-8H2,(H,21,22);/q;+1/p-1. The molecule has 0 radical (unpaired) electrons. The van der Waals surface area contributed by atoms with E-state index in [4.69, 9.17) is 9.05 Å². The van der Waals surface area contributed by atoms with Gasteiger partial charge in [0.2, 0.25) is 0 Å². The van der Waals surface area contributed by atoms with Gasteiger partial charge in [0.1, 0.15) is 11.5 Å². The van der Waals surface area contributed by atoms with Crippen molar-refractivity contribution < 1.29 is 37.4 Å². The summed E-state index contributed by atoms with van der Waals surface area (Å²) >= 11 is 0. The normalized spacial score (nSPS) is 16.0. The van der Waals surface area contributed by atoms with Crippen molar-refractivity contribution in [3.05, 3.63) is 58.7 Å². The van der Waals surface area contributed by atoms with Gasteiger partial charge >= 0.3 is 26.7 Å². The van der Waals surface area contributed by atoms with Crippen molar-refractivity contribution in [1.82, 2.24) is 0 Å². The smallest absolute Gasteiger partial charge is 0.736 e. The zero-order valence-corrected chi connectivity index (χ0v) is 16.1. The van der Waals surface area contributed by atoms with Gasteiger partial charge in [0.25, 0.3) is 0 Å². The van der Waals surface area contributed by atoms with Crippen molar-refractivity contribution in [1.29, 1.82) is 0 Å². The summed E-state index contributed by atoms with van der Waals surface area (Å²) < 4.78 is 22.7. The fraction of sp³-hybridized carbons (Fsp3) is 0.400. The first-order chi connectivity index (χ1) is 12.1. The van der Waals surface area contributed by atoms with Crippen LogP contribution >= 0.6 is 7.82 Å². The maximum Gasteiger partial charge on any atom is 1.00 e. The molecule has 2 aromatic rings. The van der Waals surface area contributed by atoms with Gasteiger partial charge in [0, 0.05) is 0 Å². The summed E-state index contributed by atoms with van der Waals surface area (Å²) in [6.45, 7) is 0. The van der Waals surface area contributed by atoms with Gasteiger partial charge in [-0.15, -0.1) is 0 Å². The minimum absolute atomic E-state index is 0. The Labute approximate surface area is 166 Å². The summed E-state index contributed by atoms with van der Waals surface area (Å²) in [5, 5.41) is 0. The van der Waals surface area contributed by atoms with Crippen molar-refractivity contribution >= 4 is 7.82 Å². The fourth-order valence-electron chi connectivity index (χ4n) is 3.81. The van der Waals surface area contributed by atoms with Crippen LogP contribution in [0, 0.1) is 0 Å². The Hall–Kier alpha value is -1.17. The Morgan fingerprint density at radius 2 is 1.08 bits per heavy atom. The molecule has 2 aliphatic rings. The van der Waals surface area contributed by atoms with Gasteiger partial charge in [0.15, 0.2) is 0 Å². The van der Waals surface area contributed by atoms with Crippen LogP contribution < -0.4 is 32.8 Å². The second kappa shape index (κ2) is 8.24. The Bertz CT molecular complexity index is 771. The van der Waals surface area contributed by atoms with Gasteiger partial charge in [-0.05, 0) is 97.9 Å². The number of aryl methyl sites for hydroxylation is 4. The Kier molecular flexibility index (Phi) is 6.20. The molecular formula is C20H22LiO4P. The van der Waals surface area contributed by atoms with Crippen LogP contribution in [0.15, 0.2) is 36.4 Å². The molecule has 0 atom stereocenters. The molecule has 6 heteroatoms. The van der Waals surface area contributed by atoms with Crippen LogP contribution in [0.2, 0.25) is 0 Å². The van der Waals surface area contributed by atoms with E-state index in [0.717, 1.165) is 38.5 Å². The largest absolute Gasteiger partial charge is 1.00 e. The molecule has 0 fully saturated rings. The number of rotatable bonds is 4. The molecule has 0 heterocycles. The van der Waals surface area contributed by atoms with E-state index in [1.54, 1.807) is 12.1 Å². The van der Waals surface area contributed by atoms with Crippen molar-refractivity contribution in [3.8, 4) is 11.5 Å². The van der Waals surface area contributed by atoms with E-state index < -0.39 is 7.82 Å². The van der Waals surface area contributed by atoms with Gasteiger partial charge < -0.3 is 13.9 Å². The molecule has 0 amide bonds. The molecule has 2 aliphatic carbocycles. The number of phosphoric acid groups is 1. The molecular weight excluding hydrogens is 342 g/mol. The number of phosphoric ester groups is 1. The van der Waals surface area contributed by atoms with E-state index in [1.165, 1.54) is 35.1 Å². The number of hydrogen-bond donors (Lipinski definition) is 0. The minimum atomic E-state index is -4.46. The van der Waals surface area contributed by atoms with Gasteiger partial charge in [-0.3, -0.25) is 0 Å². The molecule has 0 unspecified atom stereocenters. The monoisotopic (exact) mass is 364 g/mol. The van der Waals surface area contributed by atoms with E-state index in [2.05, 4.69) is 0 Å². The topological polar surface area (TPSA) is 58.6 Å². The zero-order chi connectivity index (χ0) is 17.3. The molecule has 0 bridgehead atoms. The quantitative estimate of drug-likeness (QED) is 0.608. The van der Waals surface area contributed by atoms with Gasteiger partial charge in [-0.1, -0.05) is 12.1 Å². The second-order valence-corrected chi connectivity index (χ2v) is 8.16. The molecule has 0 saturated heterocycles. The first-order valence-electron chi connectivity index (χ1n) is 9.03. The summed E-state index contributed by atoms with van der Waals surface area (Å²) in [5.74, 6) is 0.661. The summed E-state index contributed by atoms with van der Waals surface area (Å²) in [6.07, 6.45) is 8.70. The molecule has 0 N–H and O–H groups in total. The maximum absolute atomic E-state index is 12.3. The van der Waals surface area contributed by atoms with E-state index in [1.807, 2.05) is 24.3 Å². The Morgan fingerprint density at radius 3 is 1.50 bits per heavy atom. The first-order valence-corrected chi connectivity index (χ1v) is 10.5. The number of fused-ring (bicyclic) bond motifs is 2. The van der Waals surface area contributed by atoms with Crippen LogP contribution in [0.4, 0.5) is 0 Å². The van der Waals surface area contributed by atoms with Crippen molar-refractivity contribution in [2.45, 2.75) is 51.4 Å².